The van der Waals surface area contributed by atoms with Crippen LogP contribution in [-0.2, 0) is 13.1 Å². The van der Waals surface area contributed by atoms with Crippen LogP contribution in [0.3, 0.4) is 0 Å². The minimum Gasteiger partial charge on any atom is -0.320 e. The van der Waals surface area contributed by atoms with E-state index in [2.05, 4.69) is 26.5 Å². The fourth-order valence-electron chi connectivity index (χ4n) is 3.67. The van der Waals surface area contributed by atoms with Crippen molar-refractivity contribution in [3.05, 3.63) is 69.5 Å². The minimum absolute atomic E-state index is 0.113. The van der Waals surface area contributed by atoms with Gasteiger partial charge in [0.15, 0.2) is 5.69 Å². The Morgan fingerprint density at radius 1 is 1.12 bits per heavy atom. The molecule has 0 atom stereocenters. The zero-order valence-corrected chi connectivity index (χ0v) is 14.2. The molecule has 2 heterocycles. The van der Waals surface area contributed by atoms with Crippen molar-refractivity contribution in [1.29, 1.82) is 0 Å². The van der Waals surface area contributed by atoms with Gasteiger partial charge in [-0.2, -0.15) is 5.10 Å². The summed E-state index contributed by atoms with van der Waals surface area (Å²) in [6, 6.07) is 13.7. The number of carbonyl (C=O) groups is 1. The predicted octanol–water partition coefficient (Wildman–Crippen LogP) is 2.65. The topological polar surface area (TPSA) is 78.1 Å². The van der Waals surface area contributed by atoms with Gasteiger partial charge in [0.25, 0.3) is 5.91 Å². The molecule has 1 aromatic heterocycles. The Kier molecular flexibility index (Phi) is 3.39. The first-order valence-electron chi connectivity index (χ1n) is 8.84. The van der Waals surface area contributed by atoms with Gasteiger partial charge >= 0.3 is 0 Å². The first-order chi connectivity index (χ1) is 12.7. The Morgan fingerprint density at radius 2 is 1.96 bits per heavy atom. The number of hydrogen-bond acceptors (Lipinski definition) is 4. The highest BCUT2D eigenvalue weighted by atomic mass is 16.2. The fraction of sp³-hybridized carbons (Fsp3) is 0.250. The van der Waals surface area contributed by atoms with Crippen molar-refractivity contribution in [2.75, 3.05) is 5.32 Å². The lowest BCUT2D eigenvalue weighted by Crippen LogP contribution is -2.25. The molecule has 2 N–H and O–H groups in total. The van der Waals surface area contributed by atoms with Crippen LogP contribution in [0.5, 0.6) is 0 Å². The van der Waals surface area contributed by atoms with Crippen LogP contribution in [0.2, 0.25) is 0 Å². The number of aromatic amines is 1. The molecule has 0 spiro atoms. The molecule has 6 nitrogen and oxygen atoms in total. The van der Waals surface area contributed by atoms with Gasteiger partial charge in [-0.25, -0.2) is 0 Å². The summed E-state index contributed by atoms with van der Waals surface area (Å²) in [5.74, 6) is -0.477. The molecule has 2 aromatic carbocycles. The molecule has 1 aliphatic carbocycles. The summed E-state index contributed by atoms with van der Waals surface area (Å²) in [4.78, 5) is 27.7. The molecule has 6 heteroatoms. The molecule has 130 valence electrons. The lowest BCUT2D eigenvalue weighted by molar-refractivity contribution is 0.102. The van der Waals surface area contributed by atoms with Crippen LogP contribution in [-0.4, -0.2) is 27.0 Å². The van der Waals surface area contributed by atoms with Gasteiger partial charge in [0.1, 0.15) is 0 Å². The lowest BCUT2D eigenvalue weighted by atomic mass is 10.1. The Hall–Kier alpha value is -2.99. The number of anilines is 1. The third kappa shape index (κ3) is 2.50. The maximum atomic E-state index is 12.7. The Morgan fingerprint density at radius 3 is 2.81 bits per heavy atom. The average Bonchev–Trinajstić information content (AvgIpc) is 3.41. The predicted molar refractivity (Wildman–Crippen MR) is 99.0 cm³/mol. The summed E-state index contributed by atoms with van der Waals surface area (Å²) in [7, 11) is 0. The molecule has 1 amide bonds. The van der Waals surface area contributed by atoms with E-state index in [9.17, 15) is 9.59 Å². The van der Waals surface area contributed by atoms with Crippen LogP contribution in [0.4, 0.5) is 5.69 Å². The number of nitrogens with one attached hydrogen (secondary N) is 2. The summed E-state index contributed by atoms with van der Waals surface area (Å²) in [5.41, 5.74) is 3.31. The van der Waals surface area contributed by atoms with Crippen molar-refractivity contribution in [1.82, 2.24) is 15.1 Å². The molecular weight excluding hydrogens is 328 g/mol. The number of nitrogens with zero attached hydrogens (tertiary/aromatic N) is 2. The van der Waals surface area contributed by atoms with Crippen molar-refractivity contribution in [3.63, 3.8) is 0 Å². The van der Waals surface area contributed by atoms with Gasteiger partial charge in [0.05, 0.1) is 5.52 Å². The number of benzene rings is 2. The van der Waals surface area contributed by atoms with Gasteiger partial charge in [-0.3, -0.25) is 19.6 Å². The number of carbonyl (C=O) groups excluding carboxylic acids is 1. The second-order valence-electron chi connectivity index (χ2n) is 6.98. The highest BCUT2D eigenvalue weighted by Crippen LogP contribution is 2.37. The molecular formula is C20H18N4O2. The van der Waals surface area contributed by atoms with E-state index in [0.717, 1.165) is 24.3 Å². The highest BCUT2D eigenvalue weighted by Gasteiger charge is 2.34. The third-order valence-corrected chi connectivity index (χ3v) is 5.21. The highest BCUT2D eigenvalue weighted by molar-refractivity contribution is 6.04. The molecule has 26 heavy (non-hydrogen) atoms. The molecule has 5 rings (SSSR count). The van der Waals surface area contributed by atoms with Gasteiger partial charge in [-0.1, -0.05) is 24.3 Å². The normalized spacial score (nSPS) is 16.6. The van der Waals surface area contributed by atoms with E-state index < -0.39 is 5.91 Å². The van der Waals surface area contributed by atoms with Gasteiger partial charge < -0.3 is 5.32 Å². The zero-order chi connectivity index (χ0) is 17.7. The first-order valence-corrected chi connectivity index (χ1v) is 8.84. The second-order valence-corrected chi connectivity index (χ2v) is 6.98. The van der Waals surface area contributed by atoms with Crippen molar-refractivity contribution >= 4 is 22.5 Å². The average molecular weight is 346 g/mol. The SMILES string of the molecule is O=C(Nc1cccc2c1CN(C1CC1)C2)c1n[nH]c2ccccc2c1=O. The van der Waals surface area contributed by atoms with Crippen molar-refractivity contribution < 1.29 is 4.79 Å². The monoisotopic (exact) mass is 346 g/mol. The molecule has 1 aliphatic heterocycles. The summed E-state index contributed by atoms with van der Waals surface area (Å²) in [6.07, 6.45) is 2.51. The summed E-state index contributed by atoms with van der Waals surface area (Å²) < 4.78 is 0. The maximum Gasteiger partial charge on any atom is 0.280 e. The molecule has 1 fully saturated rings. The Labute approximate surface area is 149 Å². The molecule has 0 unspecified atom stereocenters. The zero-order valence-electron chi connectivity index (χ0n) is 14.2. The number of aromatic nitrogens is 2. The summed E-state index contributed by atoms with van der Waals surface area (Å²) in [5, 5.41) is 10.1. The Balaban J connectivity index is 1.46. The number of amides is 1. The molecule has 2 aliphatic rings. The van der Waals surface area contributed by atoms with Crippen LogP contribution in [0.1, 0.15) is 34.5 Å². The second kappa shape index (κ2) is 5.78. The van der Waals surface area contributed by atoms with E-state index in [-0.39, 0.29) is 11.1 Å². The van der Waals surface area contributed by atoms with E-state index in [4.69, 9.17) is 0 Å². The number of rotatable bonds is 3. The lowest BCUT2D eigenvalue weighted by Gasteiger charge is -2.13. The van der Waals surface area contributed by atoms with Crippen LogP contribution in [0, 0.1) is 0 Å². The van der Waals surface area contributed by atoms with Gasteiger partial charge in [-0.15, -0.1) is 0 Å². The first kappa shape index (κ1) is 15.3. The fourth-order valence-corrected chi connectivity index (χ4v) is 3.67. The molecule has 3 aromatic rings. The summed E-state index contributed by atoms with van der Waals surface area (Å²) in [6.45, 7) is 1.77. The van der Waals surface area contributed by atoms with Crippen LogP contribution >= 0.6 is 0 Å². The van der Waals surface area contributed by atoms with Crippen molar-refractivity contribution in [2.24, 2.45) is 0 Å². The number of hydrogen-bond donors (Lipinski definition) is 2. The largest absolute Gasteiger partial charge is 0.320 e. The molecule has 0 saturated heterocycles. The standard InChI is InChI=1S/C20H18N4O2/c25-19-14-5-1-2-6-17(14)22-23-18(19)20(26)21-16-7-3-4-12-10-24(11-15(12)16)13-8-9-13/h1-7,13H,8-11H2,(H,21,26)(H,22,25). The van der Waals surface area contributed by atoms with E-state index in [1.54, 1.807) is 18.2 Å². The van der Waals surface area contributed by atoms with E-state index in [1.165, 1.54) is 18.4 Å². The van der Waals surface area contributed by atoms with Gasteiger partial charge in [-0.05, 0) is 42.2 Å². The van der Waals surface area contributed by atoms with Crippen molar-refractivity contribution in [3.8, 4) is 0 Å². The number of para-hydroxylation sites is 1. The molecule has 0 radical (unpaired) electrons. The Bertz CT molecular complexity index is 1080. The van der Waals surface area contributed by atoms with Gasteiger partial charge in [0, 0.05) is 30.2 Å². The maximum absolute atomic E-state index is 12.7. The van der Waals surface area contributed by atoms with E-state index >= 15 is 0 Å². The van der Waals surface area contributed by atoms with Gasteiger partial charge in [0.2, 0.25) is 5.43 Å². The van der Waals surface area contributed by atoms with Crippen LogP contribution in [0.15, 0.2) is 47.3 Å². The number of H-pyrrole nitrogens is 1. The smallest absolute Gasteiger partial charge is 0.280 e. The van der Waals surface area contributed by atoms with E-state index in [1.807, 2.05) is 18.2 Å². The molecule has 1 saturated carbocycles. The minimum atomic E-state index is -0.477. The number of fused-ring (bicyclic) bond motifs is 2. The quantitative estimate of drug-likeness (QED) is 0.764. The van der Waals surface area contributed by atoms with E-state index in [0.29, 0.717) is 16.9 Å². The van der Waals surface area contributed by atoms with Crippen LogP contribution in [0.25, 0.3) is 10.9 Å². The van der Waals surface area contributed by atoms with Crippen molar-refractivity contribution in [2.45, 2.75) is 32.0 Å². The third-order valence-electron chi connectivity index (χ3n) is 5.21. The molecule has 0 bridgehead atoms. The summed E-state index contributed by atoms with van der Waals surface area (Å²) >= 11 is 0. The van der Waals surface area contributed by atoms with Crippen LogP contribution < -0.4 is 10.7 Å².